The first-order valence-corrected chi connectivity index (χ1v) is 6.93. The maximum Gasteiger partial charge on any atom is 0.434 e. The third-order valence-electron chi connectivity index (χ3n) is 2.88. The fraction of sp³-hybridized carbons (Fsp3) is 0.500. The molecule has 0 aliphatic carbocycles. The van der Waals surface area contributed by atoms with Crippen molar-refractivity contribution >= 4 is 11.9 Å². The van der Waals surface area contributed by atoms with E-state index in [0.29, 0.717) is 7.11 Å². The summed E-state index contributed by atoms with van der Waals surface area (Å²) in [4.78, 5) is 25.9. The van der Waals surface area contributed by atoms with Crippen LogP contribution in [0.2, 0.25) is 0 Å². The molecule has 0 aliphatic heterocycles. The minimum Gasteiger partial charge on any atom is -0.465 e. The first-order valence-electron chi connectivity index (χ1n) is 6.93. The lowest BCUT2D eigenvalue weighted by molar-refractivity contribution is -0.151. The van der Waals surface area contributed by atoms with E-state index in [9.17, 15) is 35.9 Å². The number of halogens is 6. The molecular weight excluding hydrogens is 376 g/mol. The summed E-state index contributed by atoms with van der Waals surface area (Å²) in [7, 11) is 0.621. The SMILES string of the molecule is CCOC(=O)C(C)Oc1cc(C(F)(F)F)c(C(=O)OC)c(C(F)(F)F)n1. The second kappa shape index (κ2) is 7.79. The molecule has 0 saturated carbocycles. The van der Waals surface area contributed by atoms with E-state index in [4.69, 9.17) is 4.74 Å². The molecule has 1 heterocycles. The minimum atomic E-state index is -5.42. The van der Waals surface area contributed by atoms with Crippen molar-refractivity contribution in [3.63, 3.8) is 0 Å². The standard InChI is InChI=1S/C14H13F6NO5/c1-4-25-11(22)6(2)26-8-5-7(13(15,16)17)9(12(23)24-3)10(21-8)14(18,19)20/h5-6H,4H2,1-3H3. The highest BCUT2D eigenvalue weighted by molar-refractivity contribution is 5.93. The van der Waals surface area contributed by atoms with Crippen LogP contribution in [0.3, 0.4) is 0 Å². The van der Waals surface area contributed by atoms with Crippen molar-refractivity contribution in [3.05, 3.63) is 22.9 Å². The van der Waals surface area contributed by atoms with Gasteiger partial charge in [-0.1, -0.05) is 0 Å². The zero-order chi connectivity index (χ0) is 20.3. The summed E-state index contributed by atoms with van der Waals surface area (Å²) < 4.78 is 92.1. The number of aromatic nitrogens is 1. The first kappa shape index (κ1) is 21.5. The number of ether oxygens (including phenoxy) is 3. The van der Waals surface area contributed by atoms with Gasteiger partial charge in [-0.15, -0.1) is 0 Å². The third-order valence-corrected chi connectivity index (χ3v) is 2.88. The van der Waals surface area contributed by atoms with Crippen LogP contribution in [0.1, 0.15) is 35.5 Å². The van der Waals surface area contributed by atoms with Crippen LogP contribution in [0.4, 0.5) is 26.3 Å². The fourth-order valence-electron chi connectivity index (χ4n) is 1.81. The van der Waals surface area contributed by atoms with Crippen molar-refractivity contribution in [1.29, 1.82) is 0 Å². The van der Waals surface area contributed by atoms with Crippen LogP contribution in [0.25, 0.3) is 0 Å². The Hall–Kier alpha value is -2.53. The Morgan fingerprint density at radius 1 is 1.15 bits per heavy atom. The second-order valence-corrected chi connectivity index (χ2v) is 4.73. The highest BCUT2D eigenvalue weighted by Gasteiger charge is 2.46. The maximum absolute atomic E-state index is 13.2. The van der Waals surface area contributed by atoms with Gasteiger partial charge in [0.25, 0.3) is 0 Å². The molecular formula is C14H13F6NO5. The molecule has 0 saturated heterocycles. The van der Waals surface area contributed by atoms with Crippen LogP contribution in [0.15, 0.2) is 6.07 Å². The molecule has 0 fully saturated rings. The molecule has 0 amide bonds. The number of pyridine rings is 1. The van der Waals surface area contributed by atoms with Crippen LogP contribution in [-0.4, -0.2) is 36.7 Å². The summed E-state index contributed by atoms with van der Waals surface area (Å²) in [6, 6.07) is 0.0806. The number of hydrogen-bond acceptors (Lipinski definition) is 6. The molecule has 1 atom stereocenters. The Morgan fingerprint density at radius 2 is 1.73 bits per heavy atom. The summed E-state index contributed by atoms with van der Waals surface area (Å²) in [5, 5.41) is 0. The van der Waals surface area contributed by atoms with Gasteiger partial charge in [0, 0.05) is 6.07 Å². The molecule has 1 rings (SSSR count). The molecule has 0 N–H and O–H groups in total. The van der Waals surface area contributed by atoms with Crippen molar-refractivity contribution in [2.45, 2.75) is 32.3 Å². The number of methoxy groups -OCH3 is 1. The average molecular weight is 389 g/mol. The normalized spacial score (nSPS) is 13.1. The Balaban J connectivity index is 3.57. The van der Waals surface area contributed by atoms with E-state index in [-0.39, 0.29) is 12.7 Å². The van der Waals surface area contributed by atoms with Gasteiger partial charge in [-0.3, -0.25) is 0 Å². The molecule has 0 aromatic carbocycles. The maximum atomic E-state index is 13.2. The highest BCUT2D eigenvalue weighted by Crippen LogP contribution is 2.40. The monoisotopic (exact) mass is 389 g/mol. The van der Waals surface area contributed by atoms with Gasteiger partial charge in [0.05, 0.1) is 19.3 Å². The van der Waals surface area contributed by atoms with Crippen molar-refractivity contribution in [2.75, 3.05) is 13.7 Å². The van der Waals surface area contributed by atoms with Crippen LogP contribution >= 0.6 is 0 Å². The Bertz CT molecular complexity index is 650. The fourth-order valence-corrected chi connectivity index (χ4v) is 1.81. The summed E-state index contributed by atoms with van der Waals surface area (Å²) in [6.45, 7) is 2.41. The van der Waals surface area contributed by atoms with Gasteiger partial charge < -0.3 is 14.2 Å². The number of esters is 2. The molecule has 146 valence electrons. The molecule has 26 heavy (non-hydrogen) atoms. The smallest absolute Gasteiger partial charge is 0.434 e. The van der Waals surface area contributed by atoms with Gasteiger partial charge in [0.15, 0.2) is 11.8 Å². The molecule has 0 bridgehead atoms. The summed E-state index contributed by atoms with van der Waals surface area (Å²) in [5.74, 6) is -4.05. The average Bonchev–Trinajstić information content (AvgIpc) is 2.51. The van der Waals surface area contributed by atoms with E-state index in [1.165, 1.54) is 6.92 Å². The van der Waals surface area contributed by atoms with Gasteiger partial charge in [0.1, 0.15) is 5.56 Å². The van der Waals surface area contributed by atoms with E-state index < -0.39 is 53.1 Å². The second-order valence-electron chi connectivity index (χ2n) is 4.73. The quantitative estimate of drug-likeness (QED) is 0.569. The number of rotatable bonds is 5. The molecule has 1 aromatic rings. The van der Waals surface area contributed by atoms with Crippen LogP contribution < -0.4 is 4.74 Å². The first-order chi connectivity index (χ1) is 11.8. The Morgan fingerprint density at radius 3 is 2.15 bits per heavy atom. The number of hydrogen-bond donors (Lipinski definition) is 0. The van der Waals surface area contributed by atoms with Gasteiger partial charge in [-0.05, 0) is 13.8 Å². The molecule has 1 unspecified atom stereocenters. The van der Waals surface area contributed by atoms with Crippen LogP contribution in [0, 0.1) is 0 Å². The van der Waals surface area contributed by atoms with Gasteiger partial charge in [0.2, 0.25) is 5.88 Å². The Labute approximate surface area is 143 Å². The van der Waals surface area contributed by atoms with Crippen LogP contribution in [0.5, 0.6) is 5.88 Å². The molecule has 1 aromatic heterocycles. The highest BCUT2D eigenvalue weighted by atomic mass is 19.4. The largest absolute Gasteiger partial charge is 0.465 e. The summed E-state index contributed by atoms with van der Waals surface area (Å²) in [5.41, 5.74) is -5.91. The van der Waals surface area contributed by atoms with Crippen LogP contribution in [-0.2, 0) is 26.6 Å². The zero-order valence-corrected chi connectivity index (χ0v) is 13.6. The summed E-state index contributed by atoms with van der Waals surface area (Å²) in [6.07, 6.45) is -12.3. The third kappa shape index (κ3) is 4.99. The van der Waals surface area contributed by atoms with Gasteiger partial charge in [-0.25, -0.2) is 14.6 Å². The zero-order valence-electron chi connectivity index (χ0n) is 13.6. The van der Waals surface area contributed by atoms with E-state index in [2.05, 4.69) is 14.5 Å². The van der Waals surface area contributed by atoms with Gasteiger partial charge in [-0.2, -0.15) is 26.3 Å². The lowest BCUT2D eigenvalue weighted by Crippen LogP contribution is -2.28. The van der Waals surface area contributed by atoms with Crippen molar-refractivity contribution in [1.82, 2.24) is 4.98 Å². The lowest BCUT2D eigenvalue weighted by Gasteiger charge is -2.19. The molecule has 0 spiro atoms. The van der Waals surface area contributed by atoms with E-state index in [1.807, 2.05) is 0 Å². The van der Waals surface area contributed by atoms with Crippen molar-refractivity contribution < 1.29 is 50.1 Å². The van der Waals surface area contributed by atoms with Gasteiger partial charge >= 0.3 is 24.3 Å². The van der Waals surface area contributed by atoms with Crippen molar-refractivity contribution in [2.24, 2.45) is 0 Å². The number of nitrogens with zero attached hydrogens (tertiary/aromatic N) is 1. The predicted molar refractivity (Wildman–Crippen MR) is 72.3 cm³/mol. The molecule has 12 heteroatoms. The minimum absolute atomic E-state index is 0.0805. The number of carbonyl (C=O) groups is 2. The predicted octanol–water partition coefficient (Wildman–Crippen LogP) is 3.24. The lowest BCUT2D eigenvalue weighted by atomic mass is 10.1. The number of alkyl halides is 6. The molecule has 0 radical (unpaired) electrons. The van der Waals surface area contributed by atoms with E-state index in [1.54, 1.807) is 0 Å². The topological polar surface area (TPSA) is 74.7 Å². The summed E-state index contributed by atoms with van der Waals surface area (Å²) >= 11 is 0. The Kier molecular flexibility index (Phi) is 6.44. The van der Waals surface area contributed by atoms with E-state index in [0.717, 1.165) is 6.92 Å². The number of carbonyl (C=O) groups excluding carboxylic acids is 2. The van der Waals surface area contributed by atoms with E-state index >= 15 is 0 Å². The molecule has 6 nitrogen and oxygen atoms in total. The molecule has 0 aliphatic rings. The van der Waals surface area contributed by atoms with Crippen molar-refractivity contribution in [3.8, 4) is 5.88 Å².